The van der Waals surface area contributed by atoms with Gasteiger partial charge in [0.05, 0.1) is 0 Å². The third kappa shape index (κ3) is 3.13. The molecule has 0 spiro atoms. The van der Waals surface area contributed by atoms with E-state index in [1.165, 1.54) is 17.3 Å². The van der Waals surface area contributed by atoms with Crippen LogP contribution in [0.2, 0.25) is 0 Å². The number of hydrogen-bond donors (Lipinski definition) is 1. The molecule has 88 valence electrons. The maximum absolute atomic E-state index is 11.7. The standard InChI is InChI=1S/C11H11BrN4O/c1-8-4-9(2-3-10(8)12)15-11(17)5-16-7-13-6-14-16/h2-4,6-7H,5H2,1H3,(H,15,17). The van der Waals surface area contributed by atoms with Gasteiger partial charge in [0, 0.05) is 10.2 Å². The van der Waals surface area contributed by atoms with Gasteiger partial charge in [-0.2, -0.15) is 5.10 Å². The van der Waals surface area contributed by atoms with E-state index in [1.54, 1.807) is 0 Å². The lowest BCUT2D eigenvalue weighted by atomic mass is 10.2. The quantitative estimate of drug-likeness (QED) is 0.942. The molecular weight excluding hydrogens is 284 g/mol. The highest BCUT2D eigenvalue weighted by Crippen LogP contribution is 2.19. The Morgan fingerprint density at radius 3 is 3.00 bits per heavy atom. The summed E-state index contributed by atoms with van der Waals surface area (Å²) in [5.74, 6) is -0.128. The Labute approximate surface area is 107 Å². The molecule has 1 aromatic heterocycles. The van der Waals surface area contributed by atoms with Crippen LogP contribution >= 0.6 is 15.9 Å². The second kappa shape index (κ2) is 5.09. The molecule has 0 fully saturated rings. The second-order valence-corrected chi connectivity index (χ2v) is 4.46. The molecule has 0 saturated carbocycles. The number of aryl methyl sites for hydroxylation is 1. The fourth-order valence-electron chi connectivity index (χ4n) is 1.38. The zero-order valence-corrected chi connectivity index (χ0v) is 10.8. The molecule has 5 nitrogen and oxygen atoms in total. The second-order valence-electron chi connectivity index (χ2n) is 3.61. The van der Waals surface area contributed by atoms with Crippen LogP contribution in [0.25, 0.3) is 0 Å². The van der Waals surface area contributed by atoms with E-state index in [-0.39, 0.29) is 12.5 Å². The van der Waals surface area contributed by atoms with Crippen molar-refractivity contribution in [3.63, 3.8) is 0 Å². The van der Waals surface area contributed by atoms with Crippen molar-refractivity contribution in [1.82, 2.24) is 14.8 Å². The van der Waals surface area contributed by atoms with E-state index in [1.807, 2.05) is 25.1 Å². The molecule has 6 heteroatoms. The summed E-state index contributed by atoms with van der Waals surface area (Å²) in [4.78, 5) is 15.4. The Kier molecular flexibility index (Phi) is 3.53. The number of anilines is 1. The summed E-state index contributed by atoms with van der Waals surface area (Å²) in [5, 5.41) is 6.67. The predicted octanol–water partition coefficient (Wildman–Crippen LogP) is 1.99. The Balaban J connectivity index is 2.00. The first-order chi connectivity index (χ1) is 8.15. The van der Waals surface area contributed by atoms with Crippen molar-refractivity contribution in [3.05, 3.63) is 40.9 Å². The van der Waals surface area contributed by atoms with Crippen LogP contribution in [0.3, 0.4) is 0 Å². The summed E-state index contributed by atoms with van der Waals surface area (Å²) in [6.45, 7) is 2.13. The van der Waals surface area contributed by atoms with Crippen molar-refractivity contribution in [2.24, 2.45) is 0 Å². The molecule has 1 aromatic carbocycles. The molecule has 2 aromatic rings. The van der Waals surface area contributed by atoms with Crippen LogP contribution in [-0.4, -0.2) is 20.7 Å². The van der Waals surface area contributed by atoms with Gasteiger partial charge in [-0.05, 0) is 30.7 Å². The molecule has 0 saturated heterocycles. The lowest BCUT2D eigenvalue weighted by molar-refractivity contribution is -0.116. The molecule has 17 heavy (non-hydrogen) atoms. The Hall–Kier alpha value is -1.69. The van der Waals surface area contributed by atoms with Crippen molar-refractivity contribution < 1.29 is 4.79 Å². The molecular formula is C11H11BrN4O. The van der Waals surface area contributed by atoms with E-state index in [2.05, 4.69) is 31.3 Å². The Bertz CT molecular complexity index is 524. The van der Waals surface area contributed by atoms with Crippen LogP contribution in [-0.2, 0) is 11.3 Å². The SMILES string of the molecule is Cc1cc(NC(=O)Cn2cncn2)ccc1Br. The summed E-state index contributed by atoms with van der Waals surface area (Å²) in [5.41, 5.74) is 1.85. The van der Waals surface area contributed by atoms with E-state index >= 15 is 0 Å². The number of halogens is 1. The summed E-state index contributed by atoms with van der Waals surface area (Å²) in [6.07, 6.45) is 2.91. The first kappa shape index (κ1) is 11.8. The van der Waals surface area contributed by atoms with Crippen LogP contribution in [0.15, 0.2) is 35.3 Å². The number of benzene rings is 1. The molecule has 2 rings (SSSR count). The van der Waals surface area contributed by atoms with E-state index in [0.717, 1.165) is 15.7 Å². The minimum Gasteiger partial charge on any atom is -0.324 e. The van der Waals surface area contributed by atoms with Gasteiger partial charge in [-0.3, -0.25) is 4.79 Å². The Morgan fingerprint density at radius 1 is 1.53 bits per heavy atom. The zero-order chi connectivity index (χ0) is 12.3. The largest absolute Gasteiger partial charge is 0.324 e. The summed E-state index contributed by atoms with van der Waals surface area (Å²) in [6, 6.07) is 5.65. The van der Waals surface area contributed by atoms with Gasteiger partial charge < -0.3 is 5.32 Å². The molecule has 0 bridgehead atoms. The lowest BCUT2D eigenvalue weighted by Gasteiger charge is -2.06. The maximum atomic E-state index is 11.7. The van der Waals surface area contributed by atoms with E-state index in [0.29, 0.717) is 0 Å². The van der Waals surface area contributed by atoms with Gasteiger partial charge in [0.15, 0.2) is 0 Å². The molecule has 0 radical (unpaired) electrons. The highest BCUT2D eigenvalue weighted by molar-refractivity contribution is 9.10. The van der Waals surface area contributed by atoms with Crippen LogP contribution in [0.1, 0.15) is 5.56 Å². The fraction of sp³-hybridized carbons (Fsp3) is 0.182. The van der Waals surface area contributed by atoms with Gasteiger partial charge >= 0.3 is 0 Å². The number of carbonyl (C=O) groups is 1. The first-order valence-electron chi connectivity index (χ1n) is 5.03. The van der Waals surface area contributed by atoms with Gasteiger partial charge in [-0.25, -0.2) is 9.67 Å². The van der Waals surface area contributed by atoms with Gasteiger partial charge in [-0.15, -0.1) is 0 Å². The van der Waals surface area contributed by atoms with Gasteiger partial charge in [0.2, 0.25) is 5.91 Å². The van der Waals surface area contributed by atoms with E-state index in [9.17, 15) is 4.79 Å². The van der Waals surface area contributed by atoms with Gasteiger partial charge in [-0.1, -0.05) is 15.9 Å². The zero-order valence-electron chi connectivity index (χ0n) is 9.22. The minimum absolute atomic E-state index is 0.128. The monoisotopic (exact) mass is 294 g/mol. The maximum Gasteiger partial charge on any atom is 0.246 e. The normalized spacial score (nSPS) is 10.2. The topological polar surface area (TPSA) is 59.8 Å². The van der Waals surface area contributed by atoms with Crippen molar-refractivity contribution in [3.8, 4) is 0 Å². The van der Waals surface area contributed by atoms with E-state index in [4.69, 9.17) is 0 Å². The highest BCUT2D eigenvalue weighted by atomic mass is 79.9. The van der Waals surface area contributed by atoms with Crippen molar-refractivity contribution in [1.29, 1.82) is 0 Å². The number of amides is 1. The smallest absolute Gasteiger partial charge is 0.246 e. The summed E-state index contributed by atoms with van der Waals surface area (Å²) < 4.78 is 2.49. The van der Waals surface area contributed by atoms with Gasteiger partial charge in [0.1, 0.15) is 19.2 Å². The molecule has 0 aliphatic carbocycles. The van der Waals surface area contributed by atoms with Crippen molar-refractivity contribution >= 4 is 27.5 Å². The number of rotatable bonds is 3. The Morgan fingerprint density at radius 2 is 2.35 bits per heavy atom. The summed E-state index contributed by atoms with van der Waals surface area (Å²) in [7, 11) is 0. The van der Waals surface area contributed by atoms with Crippen molar-refractivity contribution in [2.45, 2.75) is 13.5 Å². The predicted molar refractivity (Wildman–Crippen MR) is 67.5 cm³/mol. The number of carbonyl (C=O) groups excluding carboxylic acids is 1. The van der Waals surface area contributed by atoms with Gasteiger partial charge in [0.25, 0.3) is 0 Å². The average molecular weight is 295 g/mol. The average Bonchev–Trinajstić information content (AvgIpc) is 2.76. The molecule has 1 amide bonds. The number of nitrogens with one attached hydrogen (secondary N) is 1. The first-order valence-corrected chi connectivity index (χ1v) is 5.83. The third-order valence-electron chi connectivity index (χ3n) is 2.21. The van der Waals surface area contributed by atoms with Crippen LogP contribution in [0, 0.1) is 6.92 Å². The highest BCUT2D eigenvalue weighted by Gasteiger charge is 2.04. The van der Waals surface area contributed by atoms with Crippen LogP contribution < -0.4 is 5.32 Å². The molecule has 0 atom stereocenters. The van der Waals surface area contributed by atoms with Crippen molar-refractivity contribution in [2.75, 3.05) is 5.32 Å². The molecule has 0 aliphatic rings. The molecule has 0 aliphatic heterocycles. The number of hydrogen-bond acceptors (Lipinski definition) is 3. The van der Waals surface area contributed by atoms with Crippen LogP contribution in [0.5, 0.6) is 0 Å². The lowest BCUT2D eigenvalue weighted by Crippen LogP contribution is -2.19. The fourth-order valence-corrected chi connectivity index (χ4v) is 1.63. The van der Waals surface area contributed by atoms with E-state index < -0.39 is 0 Å². The number of nitrogens with zero attached hydrogens (tertiary/aromatic N) is 3. The third-order valence-corrected chi connectivity index (χ3v) is 3.10. The molecule has 0 unspecified atom stereocenters. The minimum atomic E-state index is -0.128. The van der Waals surface area contributed by atoms with Crippen LogP contribution in [0.4, 0.5) is 5.69 Å². The molecule has 1 N–H and O–H groups in total. The number of aromatic nitrogens is 3. The summed E-state index contributed by atoms with van der Waals surface area (Å²) >= 11 is 3.41. The molecule has 1 heterocycles.